The minimum absolute atomic E-state index is 0.362. The van der Waals surface area contributed by atoms with E-state index >= 15 is 0 Å². The predicted molar refractivity (Wildman–Crippen MR) is 53.9 cm³/mol. The van der Waals surface area contributed by atoms with Crippen molar-refractivity contribution in [2.45, 2.75) is 5.33 Å². The van der Waals surface area contributed by atoms with Gasteiger partial charge in [-0.1, -0.05) is 28.1 Å². The van der Waals surface area contributed by atoms with Crippen LogP contribution in [-0.2, 0) is 5.33 Å². The largest absolute Gasteiger partial charge is 0.307 e. The van der Waals surface area contributed by atoms with Gasteiger partial charge >= 0.3 is 0 Å². The van der Waals surface area contributed by atoms with E-state index in [1.807, 2.05) is 6.07 Å². The van der Waals surface area contributed by atoms with E-state index in [0.29, 0.717) is 16.5 Å². The molecule has 0 aliphatic carbocycles. The molecule has 0 aromatic heterocycles. The minimum atomic E-state index is -0.516. The number of hydrogen-bond acceptors (Lipinski definition) is 2. The van der Waals surface area contributed by atoms with Crippen LogP contribution in [0.25, 0.3) is 0 Å². The van der Waals surface area contributed by atoms with Crippen molar-refractivity contribution in [2.24, 2.45) is 0 Å². The van der Waals surface area contributed by atoms with Crippen LogP contribution in [0.5, 0.6) is 0 Å². The van der Waals surface area contributed by atoms with Gasteiger partial charge in [0.05, 0.1) is 11.6 Å². The third kappa shape index (κ3) is 2.19. The number of carbonyl (C=O) groups is 1. The van der Waals surface area contributed by atoms with Crippen LogP contribution in [0.3, 0.4) is 0 Å². The summed E-state index contributed by atoms with van der Waals surface area (Å²) in [5.74, 6) is 0. The van der Waals surface area contributed by atoms with E-state index in [-0.39, 0.29) is 0 Å². The summed E-state index contributed by atoms with van der Waals surface area (Å²) in [5.41, 5.74) is 1.18. The van der Waals surface area contributed by atoms with E-state index in [0.717, 1.165) is 5.56 Å². The van der Waals surface area contributed by atoms with E-state index < -0.39 is 5.68 Å². The number of nitrogens with zero attached hydrogens (tertiary/aromatic N) is 1. The van der Waals surface area contributed by atoms with Gasteiger partial charge in [-0.2, -0.15) is 5.26 Å². The Balaban J connectivity index is 3.23. The van der Waals surface area contributed by atoms with Crippen LogP contribution >= 0.6 is 15.9 Å². The summed E-state index contributed by atoms with van der Waals surface area (Å²) >= 11 is 3.24. The zero-order valence-electron chi connectivity index (χ0n) is 6.75. The molecule has 1 rings (SSSR count). The Bertz CT molecular complexity index is 384. The zero-order valence-corrected chi connectivity index (χ0v) is 8.34. The van der Waals surface area contributed by atoms with Crippen molar-refractivity contribution in [3.8, 4) is 6.07 Å². The number of benzene rings is 1. The molecule has 0 bridgehead atoms. The van der Waals surface area contributed by atoms with Gasteiger partial charge in [0.2, 0.25) is 0 Å². The third-order valence-electron chi connectivity index (χ3n) is 1.66. The van der Waals surface area contributed by atoms with Gasteiger partial charge in [0.1, 0.15) is 5.68 Å². The summed E-state index contributed by atoms with van der Waals surface area (Å²) in [4.78, 5) is 10.8. The quantitative estimate of drug-likeness (QED) is 0.577. The highest BCUT2D eigenvalue weighted by atomic mass is 79.9. The first kappa shape index (κ1) is 10.0. The lowest BCUT2D eigenvalue weighted by Crippen LogP contribution is -1.99. The third-order valence-corrected chi connectivity index (χ3v) is 2.26. The van der Waals surface area contributed by atoms with Crippen molar-refractivity contribution >= 4 is 29.5 Å². The summed E-state index contributed by atoms with van der Waals surface area (Å²) in [6.45, 7) is 0. The number of halogens is 1. The highest BCUT2D eigenvalue weighted by Gasteiger charge is 2.04. The van der Waals surface area contributed by atoms with Crippen molar-refractivity contribution in [1.82, 2.24) is 0 Å². The van der Waals surface area contributed by atoms with Crippen molar-refractivity contribution < 1.29 is 4.79 Å². The van der Waals surface area contributed by atoms with E-state index in [1.165, 1.54) is 6.07 Å². The summed E-state index contributed by atoms with van der Waals surface area (Å²) in [6, 6.07) is 6.83. The van der Waals surface area contributed by atoms with E-state index in [4.69, 9.17) is 13.1 Å². The van der Waals surface area contributed by atoms with Gasteiger partial charge in [-0.05, 0) is 11.6 Å². The minimum Gasteiger partial charge on any atom is -0.307 e. The van der Waals surface area contributed by atoms with Gasteiger partial charge in [-0.15, -0.1) is 0 Å². The number of carbonyl (C=O) groups excluding carboxylic acids is 1. The maximum Gasteiger partial charge on any atom is 0.175 e. The van der Waals surface area contributed by atoms with Crippen LogP contribution in [-0.4, -0.2) is 13.5 Å². The van der Waals surface area contributed by atoms with Crippen molar-refractivity contribution in [3.05, 3.63) is 34.9 Å². The monoisotopic (exact) mass is 233 g/mol. The van der Waals surface area contributed by atoms with Gasteiger partial charge < -0.3 is 4.79 Å². The molecular formula is C9H5BBrNO. The van der Waals surface area contributed by atoms with Crippen LogP contribution in [0.2, 0.25) is 0 Å². The average molecular weight is 234 g/mol. The smallest absolute Gasteiger partial charge is 0.175 e. The van der Waals surface area contributed by atoms with Gasteiger partial charge in [0.25, 0.3) is 0 Å². The number of rotatable bonds is 2. The van der Waals surface area contributed by atoms with E-state index in [1.54, 1.807) is 12.1 Å². The number of nitriles is 1. The van der Waals surface area contributed by atoms with Crippen LogP contribution in [0, 0.1) is 11.3 Å². The summed E-state index contributed by atoms with van der Waals surface area (Å²) in [7, 11) is 5.07. The Labute approximate surface area is 86.1 Å². The predicted octanol–water partition coefficient (Wildman–Crippen LogP) is 1.76. The molecule has 0 unspecified atom stereocenters. The molecule has 0 aliphatic rings. The molecule has 0 amide bonds. The van der Waals surface area contributed by atoms with Crippen LogP contribution < -0.4 is 0 Å². The maximum atomic E-state index is 10.8. The van der Waals surface area contributed by atoms with Crippen molar-refractivity contribution in [3.63, 3.8) is 0 Å². The molecule has 1 aromatic rings. The second-order valence-electron chi connectivity index (χ2n) is 2.48. The topological polar surface area (TPSA) is 40.9 Å². The fourth-order valence-corrected chi connectivity index (χ4v) is 1.44. The average Bonchev–Trinajstić information content (AvgIpc) is 2.16. The molecule has 2 radical (unpaired) electrons. The number of hydrogen-bond donors (Lipinski definition) is 0. The van der Waals surface area contributed by atoms with Gasteiger partial charge in [-0.25, -0.2) is 0 Å². The van der Waals surface area contributed by atoms with Gasteiger partial charge in [0, 0.05) is 10.9 Å². The lowest BCUT2D eigenvalue weighted by Gasteiger charge is -2.01. The maximum absolute atomic E-state index is 10.8. The normalized spacial score (nSPS) is 9.23. The molecule has 4 heteroatoms. The molecule has 0 fully saturated rings. The molecule has 13 heavy (non-hydrogen) atoms. The first-order valence-electron chi connectivity index (χ1n) is 3.58. The molecular weight excluding hydrogens is 229 g/mol. The Kier molecular flexibility index (Phi) is 3.27. The molecule has 2 nitrogen and oxygen atoms in total. The Morgan fingerprint density at radius 2 is 2.31 bits per heavy atom. The molecule has 62 valence electrons. The molecule has 0 saturated carbocycles. The molecule has 0 atom stereocenters. The molecule has 0 aliphatic heterocycles. The molecule has 1 aromatic carbocycles. The second-order valence-corrected chi connectivity index (χ2v) is 3.04. The summed E-state index contributed by atoms with van der Waals surface area (Å²) in [6.07, 6.45) is 0. The van der Waals surface area contributed by atoms with Crippen LogP contribution in [0.15, 0.2) is 18.2 Å². The van der Waals surface area contributed by atoms with E-state index in [9.17, 15) is 4.79 Å². The van der Waals surface area contributed by atoms with Gasteiger partial charge in [-0.3, -0.25) is 0 Å². The first-order chi connectivity index (χ1) is 6.19. The lowest BCUT2D eigenvalue weighted by molar-refractivity contribution is 0.108. The molecule has 0 heterocycles. The van der Waals surface area contributed by atoms with Crippen LogP contribution in [0.4, 0.5) is 0 Å². The highest BCUT2D eigenvalue weighted by Crippen LogP contribution is 2.14. The summed E-state index contributed by atoms with van der Waals surface area (Å²) in [5, 5.41) is 9.33. The highest BCUT2D eigenvalue weighted by molar-refractivity contribution is 9.08. The molecule has 0 N–H and O–H groups in total. The SMILES string of the molecule is [B]C(=O)c1ccc(CBr)c(C#N)c1. The molecule has 0 spiro atoms. The van der Waals surface area contributed by atoms with Crippen molar-refractivity contribution in [2.75, 3.05) is 0 Å². The van der Waals surface area contributed by atoms with Crippen molar-refractivity contribution in [1.29, 1.82) is 5.26 Å². The Morgan fingerprint density at radius 3 is 2.77 bits per heavy atom. The van der Waals surface area contributed by atoms with Crippen LogP contribution in [0.1, 0.15) is 21.5 Å². The Morgan fingerprint density at radius 1 is 1.62 bits per heavy atom. The first-order valence-corrected chi connectivity index (χ1v) is 4.70. The molecule has 0 saturated heterocycles. The van der Waals surface area contributed by atoms with Gasteiger partial charge in [0.15, 0.2) is 7.85 Å². The lowest BCUT2D eigenvalue weighted by atomic mass is 9.92. The summed E-state index contributed by atoms with van der Waals surface area (Å²) < 4.78 is 0. The zero-order chi connectivity index (χ0) is 9.84. The fraction of sp³-hybridized carbons (Fsp3) is 0.111. The standard InChI is InChI=1S/C9H5BBrNO/c10-9(13)6-1-2-7(4-11)8(3-6)5-12/h1-3H,4H2. The Hall–Kier alpha value is -1.08. The fourth-order valence-electron chi connectivity index (χ4n) is 0.950. The number of alkyl halides is 1. The van der Waals surface area contributed by atoms with E-state index in [2.05, 4.69) is 15.9 Å². The second kappa shape index (κ2) is 4.24.